The van der Waals surface area contributed by atoms with Crippen LogP contribution >= 0.6 is 11.8 Å². The minimum absolute atomic E-state index is 0.0703. The van der Waals surface area contributed by atoms with E-state index in [1.165, 1.54) is 0 Å². The minimum Gasteiger partial charge on any atom is -0.388 e. The highest BCUT2D eigenvalue weighted by molar-refractivity contribution is 7.99. The summed E-state index contributed by atoms with van der Waals surface area (Å²) in [7, 11) is 3.54. The number of rotatable bonds is 2. The average molecular weight is 292 g/mol. The van der Waals surface area contributed by atoms with Crippen molar-refractivity contribution in [2.75, 3.05) is 19.8 Å². The zero-order valence-corrected chi connectivity index (χ0v) is 12.4. The third kappa shape index (κ3) is 2.19. The maximum absolute atomic E-state index is 12.0. The first-order valence-electron chi connectivity index (χ1n) is 6.60. The summed E-state index contributed by atoms with van der Waals surface area (Å²) in [5, 5.41) is 10.9. The van der Waals surface area contributed by atoms with E-state index < -0.39 is 0 Å². The van der Waals surface area contributed by atoms with Gasteiger partial charge in [-0.2, -0.15) is 0 Å². The van der Waals surface area contributed by atoms with Gasteiger partial charge in [-0.05, 0) is 23.9 Å². The molecule has 6 heteroatoms. The Hall–Kier alpha value is -1.53. The molecule has 0 saturated heterocycles. The molecule has 1 aliphatic rings. The van der Waals surface area contributed by atoms with E-state index >= 15 is 0 Å². The van der Waals surface area contributed by atoms with Crippen LogP contribution in [0.4, 0.5) is 0 Å². The van der Waals surface area contributed by atoms with Gasteiger partial charge in [0, 0.05) is 19.8 Å². The number of amides is 1. The molecule has 0 unspecified atom stereocenters. The summed E-state index contributed by atoms with van der Waals surface area (Å²) in [4.78, 5) is 13.6. The van der Waals surface area contributed by atoms with Crippen LogP contribution in [0.1, 0.15) is 0 Å². The number of likely N-dealkylation sites (N-methyl/N-ethyl adjacent to an activating group) is 1. The fourth-order valence-electron chi connectivity index (χ4n) is 2.47. The first-order valence-corrected chi connectivity index (χ1v) is 7.58. The Labute approximate surface area is 121 Å². The molecule has 2 aromatic rings. The molecule has 1 N–H and O–H groups in total. The molecule has 1 aromatic carbocycles. The smallest absolute Gasteiger partial charge is 0.319 e. The predicted molar refractivity (Wildman–Crippen MR) is 77.6 cm³/mol. The number of thioether (sulfide) groups is 1. The molecule has 1 amide bonds. The van der Waals surface area contributed by atoms with Gasteiger partial charge in [-0.1, -0.05) is 12.1 Å². The average Bonchev–Trinajstić information content (AvgIpc) is 2.73. The van der Waals surface area contributed by atoms with Gasteiger partial charge in [-0.3, -0.25) is 4.79 Å². The van der Waals surface area contributed by atoms with Gasteiger partial charge in [0.05, 0.1) is 0 Å². The molecule has 1 aromatic heterocycles. The zero-order valence-electron chi connectivity index (χ0n) is 11.6. The topological polar surface area (TPSA) is 49.4 Å². The predicted octanol–water partition coefficient (Wildman–Crippen LogP) is 0.484. The lowest BCUT2D eigenvalue weighted by Crippen LogP contribution is -2.46. The molecule has 1 aliphatic heterocycles. The van der Waals surface area contributed by atoms with Crippen LogP contribution in [0.25, 0.3) is 11.0 Å². The van der Waals surface area contributed by atoms with Crippen molar-refractivity contribution in [3.05, 3.63) is 24.3 Å². The SMILES string of the molecule is CN(C)C(=O)Cn1c2[n+](c3ccccc31)C[C@@H](O)CS2. The Morgan fingerprint density at radius 3 is 3.00 bits per heavy atom. The summed E-state index contributed by atoms with van der Waals surface area (Å²) in [5.41, 5.74) is 2.11. The Morgan fingerprint density at radius 1 is 1.50 bits per heavy atom. The van der Waals surface area contributed by atoms with Gasteiger partial charge in [0.2, 0.25) is 0 Å². The largest absolute Gasteiger partial charge is 0.388 e. The molecule has 0 saturated carbocycles. The molecule has 106 valence electrons. The molecule has 1 atom stereocenters. The Balaban J connectivity index is 2.13. The Bertz CT molecular complexity index is 666. The molecule has 0 spiro atoms. The maximum atomic E-state index is 12.0. The molecule has 0 aliphatic carbocycles. The van der Waals surface area contributed by atoms with Crippen molar-refractivity contribution in [2.24, 2.45) is 0 Å². The van der Waals surface area contributed by atoms with Crippen molar-refractivity contribution in [3.8, 4) is 0 Å². The summed E-state index contributed by atoms with van der Waals surface area (Å²) in [6.45, 7) is 0.922. The molecule has 0 bridgehead atoms. The van der Waals surface area contributed by atoms with E-state index in [2.05, 4.69) is 4.57 Å². The molecule has 0 radical (unpaired) electrons. The van der Waals surface area contributed by atoms with Crippen LogP contribution in [0.3, 0.4) is 0 Å². The lowest BCUT2D eigenvalue weighted by Gasteiger charge is -2.15. The monoisotopic (exact) mass is 292 g/mol. The molecule has 20 heavy (non-hydrogen) atoms. The lowest BCUT2D eigenvalue weighted by atomic mass is 10.3. The van der Waals surface area contributed by atoms with Gasteiger partial charge < -0.3 is 10.0 Å². The molecule has 0 fully saturated rings. The zero-order chi connectivity index (χ0) is 14.3. The van der Waals surface area contributed by atoms with Crippen molar-refractivity contribution in [2.45, 2.75) is 24.3 Å². The number of benzene rings is 1. The number of imidazole rings is 1. The van der Waals surface area contributed by atoms with Crippen LogP contribution < -0.4 is 4.57 Å². The second-order valence-corrected chi connectivity index (χ2v) is 6.21. The number of carbonyl (C=O) groups is 1. The van der Waals surface area contributed by atoms with Crippen LogP contribution in [0.5, 0.6) is 0 Å². The number of hydrogen-bond acceptors (Lipinski definition) is 3. The normalized spacial score (nSPS) is 18.1. The number of hydrogen-bond donors (Lipinski definition) is 1. The number of nitrogens with zero attached hydrogens (tertiary/aromatic N) is 3. The molecular formula is C14H18N3O2S+. The van der Waals surface area contributed by atoms with Gasteiger partial charge in [0.15, 0.2) is 17.6 Å². The van der Waals surface area contributed by atoms with E-state index in [9.17, 15) is 9.90 Å². The van der Waals surface area contributed by atoms with Crippen LogP contribution in [0, 0.1) is 0 Å². The molecule has 2 heterocycles. The van der Waals surface area contributed by atoms with Gasteiger partial charge in [0.1, 0.15) is 12.6 Å². The van der Waals surface area contributed by atoms with E-state index in [1.54, 1.807) is 30.8 Å². The van der Waals surface area contributed by atoms with Crippen molar-refractivity contribution >= 4 is 28.7 Å². The quantitative estimate of drug-likeness (QED) is 0.819. The van der Waals surface area contributed by atoms with E-state index in [0.29, 0.717) is 18.8 Å². The highest BCUT2D eigenvalue weighted by Gasteiger charge is 2.32. The van der Waals surface area contributed by atoms with Crippen molar-refractivity contribution in [1.82, 2.24) is 9.47 Å². The number of fused-ring (bicyclic) bond motifs is 3. The summed E-state index contributed by atoms with van der Waals surface area (Å²) in [6, 6.07) is 8.02. The Morgan fingerprint density at radius 2 is 2.25 bits per heavy atom. The first kappa shape index (κ1) is 13.5. The first-order chi connectivity index (χ1) is 9.58. The van der Waals surface area contributed by atoms with Crippen LogP contribution in [-0.2, 0) is 17.9 Å². The van der Waals surface area contributed by atoms with Crippen LogP contribution in [0.2, 0.25) is 0 Å². The van der Waals surface area contributed by atoms with E-state index in [1.807, 2.05) is 28.8 Å². The summed E-state index contributed by atoms with van der Waals surface area (Å²) >= 11 is 1.61. The van der Waals surface area contributed by atoms with Gasteiger partial charge in [0.25, 0.3) is 5.91 Å². The second-order valence-electron chi connectivity index (χ2n) is 5.22. The number of carbonyl (C=O) groups excluding carboxylic acids is 1. The summed E-state index contributed by atoms with van der Waals surface area (Å²) < 4.78 is 4.16. The third-order valence-electron chi connectivity index (χ3n) is 3.52. The van der Waals surface area contributed by atoms with Crippen LogP contribution in [0.15, 0.2) is 29.4 Å². The van der Waals surface area contributed by atoms with E-state index in [4.69, 9.17) is 0 Å². The van der Waals surface area contributed by atoms with Gasteiger partial charge in [-0.15, -0.1) is 0 Å². The lowest BCUT2D eigenvalue weighted by molar-refractivity contribution is -0.717. The maximum Gasteiger partial charge on any atom is 0.319 e. The standard InChI is InChI=1S/C14H18N3O2S/c1-15(2)13(19)8-17-12-6-4-3-5-11(12)16-7-10(18)9-20-14(16)17/h3-6,10,18H,7-9H2,1-2H3/q+1/t10-/m1/s1. The fraction of sp³-hybridized carbons (Fsp3) is 0.429. The summed E-state index contributed by atoms with van der Waals surface area (Å²) in [5.74, 6) is 0.743. The Kier molecular flexibility index (Phi) is 3.43. The summed E-state index contributed by atoms with van der Waals surface area (Å²) in [6.07, 6.45) is -0.332. The fourth-order valence-corrected chi connectivity index (χ4v) is 3.56. The number of aliphatic hydroxyl groups is 1. The minimum atomic E-state index is -0.332. The van der Waals surface area contributed by atoms with Crippen LogP contribution in [-0.4, -0.2) is 46.4 Å². The number of aliphatic hydroxyl groups excluding tert-OH is 1. The van der Waals surface area contributed by atoms with Crippen molar-refractivity contribution in [3.63, 3.8) is 0 Å². The van der Waals surface area contributed by atoms with Crippen molar-refractivity contribution < 1.29 is 14.5 Å². The van der Waals surface area contributed by atoms with E-state index in [0.717, 1.165) is 16.2 Å². The third-order valence-corrected chi connectivity index (χ3v) is 4.77. The number of para-hydroxylation sites is 2. The number of aromatic nitrogens is 2. The molecule has 5 nitrogen and oxygen atoms in total. The van der Waals surface area contributed by atoms with E-state index in [-0.39, 0.29) is 12.0 Å². The highest BCUT2D eigenvalue weighted by Crippen LogP contribution is 2.26. The second kappa shape index (κ2) is 5.10. The van der Waals surface area contributed by atoms with Gasteiger partial charge >= 0.3 is 5.16 Å². The molecule has 3 rings (SSSR count). The van der Waals surface area contributed by atoms with Gasteiger partial charge in [-0.25, -0.2) is 9.13 Å². The van der Waals surface area contributed by atoms with Crippen molar-refractivity contribution in [1.29, 1.82) is 0 Å². The molecular weight excluding hydrogens is 274 g/mol. The highest BCUT2D eigenvalue weighted by atomic mass is 32.2.